The van der Waals surface area contributed by atoms with E-state index in [4.69, 9.17) is 4.74 Å². The van der Waals surface area contributed by atoms with Crippen LogP contribution in [0.1, 0.15) is 28.4 Å². The van der Waals surface area contributed by atoms with Gasteiger partial charge in [-0.3, -0.25) is 9.69 Å². The summed E-state index contributed by atoms with van der Waals surface area (Å²) in [6.07, 6.45) is 1.02. The first-order valence-corrected chi connectivity index (χ1v) is 7.81. The predicted molar refractivity (Wildman–Crippen MR) is 87.4 cm³/mol. The van der Waals surface area contributed by atoms with Gasteiger partial charge in [0.05, 0.1) is 13.2 Å². The number of fused-ring (bicyclic) bond motifs is 1. The van der Waals surface area contributed by atoms with E-state index < -0.39 is 0 Å². The van der Waals surface area contributed by atoms with Gasteiger partial charge in [-0.1, -0.05) is 24.3 Å². The summed E-state index contributed by atoms with van der Waals surface area (Å²) in [5, 5.41) is 0. The number of rotatable bonds is 5. The van der Waals surface area contributed by atoms with Crippen molar-refractivity contribution in [3.05, 3.63) is 65.2 Å². The summed E-state index contributed by atoms with van der Waals surface area (Å²) in [5.74, 6) is 0.980. The SMILES string of the molecule is CCOc1ccc(C(=O)CN2CCc3ccccc3C2)cc1. The van der Waals surface area contributed by atoms with Gasteiger partial charge in [0.25, 0.3) is 0 Å². The van der Waals surface area contributed by atoms with Crippen LogP contribution in [0.5, 0.6) is 5.75 Å². The second-order valence-corrected chi connectivity index (χ2v) is 5.61. The molecule has 0 atom stereocenters. The highest BCUT2D eigenvalue weighted by atomic mass is 16.5. The molecule has 0 spiro atoms. The molecule has 0 N–H and O–H groups in total. The van der Waals surface area contributed by atoms with Gasteiger partial charge in [-0.15, -0.1) is 0 Å². The minimum Gasteiger partial charge on any atom is -0.494 e. The third-order valence-corrected chi connectivity index (χ3v) is 4.06. The van der Waals surface area contributed by atoms with Crippen LogP contribution in [0.2, 0.25) is 0 Å². The molecule has 0 amide bonds. The van der Waals surface area contributed by atoms with Crippen LogP contribution in [-0.4, -0.2) is 30.4 Å². The van der Waals surface area contributed by atoms with Gasteiger partial charge in [0.2, 0.25) is 0 Å². The van der Waals surface area contributed by atoms with E-state index in [1.165, 1.54) is 11.1 Å². The van der Waals surface area contributed by atoms with Gasteiger partial charge in [0.15, 0.2) is 5.78 Å². The fourth-order valence-corrected chi connectivity index (χ4v) is 2.89. The molecule has 0 aliphatic carbocycles. The van der Waals surface area contributed by atoms with E-state index in [2.05, 4.69) is 29.2 Å². The predicted octanol–water partition coefficient (Wildman–Crippen LogP) is 3.33. The Bertz CT molecular complexity index is 649. The van der Waals surface area contributed by atoms with Gasteiger partial charge in [0, 0.05) is 18.7 Å². The lowest BCUT2D eigenvalue weighted by atomic mass is 9.99. The number of nitrogens with zero attached hydrogens (tertiary/aromatic N) is 1. The van der Waals surface area contributed by atoms with Crippen molar-refractivity contribution in [1.29, 1.82) is 0 Å². The molecule has 3 nitrogen and oxygen atoms in total. The maximum Gasteiger partial charge on any atom is 0.176 e. The summed E-state index contributed by atoms with van der Waals surface area (Å²) in [6.45, 7) is 4.87. The monoisotopic (exact) mass is 295 g/mol. The molecule has 114 valence electrons. The van der Waals surface area contributed by atoms with Crippen molar-refractivity contribution in [2.45, 2.75) is 19.9 Å². The van der Waals surface area contributed by atoms with E-state index in [0.29, 0.717) is 13.2 Å². The molecule has 2 aromatic carbocycles. The summed E-state index contributed by atoms with van der Waals surface area (Å²) in [7, 11) is 0. The Morgan fingerprint density at radius 3 is 2.55 bits per heavy atom. The zero-order valence-corrected chi connectivity index (χ0v) is 12.9. The summed E-state index contributed by atoms with van der Waals surface area (Å²) < 4.78 is 5.41. The van der Waals surface area contributed by atoms with Crippen LogP contribution in [0.15, 0.2) is 48.5 Å². The fourth-order valence-electron chi connectivity index (χ4n) is 2.89. The molecule has 2 aromatic rings. The number of benzene rings is 2. The van der Waals surface area contributed by atoms with Crippen LogP contribution in [0.25, 0.3) is 0 Å². The van der Waals surface area contributed by atoms with E-state index in [1.54, 1.807) is 0 Å². The van der Waals surface area contributed by atoms with Crippen LogP contribution < -0.4 is 4.74 Å². The van der Waals surface area contributed by atoms with Crippen molar-refractivity contribution < 1.29 is 9.53 Å². The number of hydrogen-bond donors (Lipinski definition) is 0. The maximum absolute atomic E-state index is 12.4. The quantitative estimate of drug-likeness (QED) is 0.792. The highest BCUT2D eigenvalue weighted by Crippen LogP contribution is 2.19. The van der Waals surface area contributed by atoms with Gasteiger partial charge in [-0.25, -0.2) is 0 Å². The molecule has 3 heteroatoms. The number of hydrogen-bond acceptors (Lipinski definition) is 3. The summed E-state index contributed by atoms with van der Waals surface area (Å²) in [4.78, 5) is 14.6. The lowest BCUT2D eigenvalue weighted by molar-refractivity contribution is 0.0921. The average molecular weight is 295 g/mol. The second-order valence-electron chi connectivity index (χ2n) is 5.61. The molecule has 1 aliphatic rings. The first-order chi connectivity index (χ1) is 10.8. The maximum atomic E-state index is 12.4. The zero-order chi connectivity index (χ0) is 15.4. The van der Waals surface area contributed by atoms with E-state index in [0.717, 1.165) is 30.8 Å². The summed E-state index contributed by atoms with van der Waals surface area (Å²) in [5.41, 5.74) is 3.50. The standard InChI is InChI=1S/C19H21NO2/c1-2-22-18-9-7-16(8-10-18)19(21)14-20-12-11-15-5-3-4-6-17(15)13-20/h3-10H,2,11-14H2,1H3. The van der Waals surface area contributed by atoms with Crippen molar-refractivity contribution >= 4 is 5.78 Å². The molecule has 1 heterocycles. The van der Waals surface area contributed by atoms with E-state index in [1.807, 2.05) is 31.2 Å². The van der Waals surface area contributed by atoms with Crippen molar-refractivity contribution in [2.24, 2.45) is 0 Å². The molecular formula is C19H21NO2. The Labute approximate surface area is 131 Å². The number of ether oxygens (including phenoxy) is 1. The Kier molecular flexibility index (Phi) is 4.54. The van der Waals surface area contributed by atoms with Crippen molar-refractivity contribution in [1.82, 2.24) is 4.90 Å². The minimum absolute atomic E-state index is 0.169. The Balaban J connectivity index is 1.62. The van der Waals surface area contributed by atoms with Crippen LogP contribution in [0, 0.1) is 0 Å². The number of ketones is 1. The van der Waals surface area contributed by atoms with Crippen LogP contribution in [0.3, 0.4) is 0 Å². The molecule has 0 radical (unpaired) electrons. The molecule has 0 fully saturated rings. The second kappa shape index (κ2) is 6.75. The third kappa shape index (κ3) is 3.37. The first kappa shape index (κ1) is 14.8. The zero-order valence-electron chi connectivity index (χ0n) is 12.9. The number of carbonyl (C=O) groups excluding carboxylic acids is 1. The number of carbonyl (C=O) groups is 1. The Hall–Kier alpha value is -2.13. The minimum atomic E-state index is 0.169. The number of Topliss-reactive ketones (excluding diaryl/α,β-unsaturated/α-hetero) is 1. The molecule has 22 heavy (non-hydrogen) atoms. The lowest BCUT2D eigenvalue weighted by Gasteiger charge is -2.28. The van der Waals surface area contributed by atoms with Crippen LogP contribution >= 0.6 is 0 Å². The highest BCUT2D eigenvalue weighted by molar-refractivity contribution is 5.97. The Morgan fingerprint density at radius 1 is 1.09 bits per heavy atom. The van der Waals surface area contributed by atoms with E-state index in [9.17, 15) is 4.79 Å². The van der Waals surface area contributed by atoms with Crippen LogP contribution in [0.4, 0.5) is 0 Å². The van der Waals surface area contributed by atoms with E-state index in [-0.39, 0.29) is 5.78 Å². The molecule has 0 saturated carbocycles. The van der Waals surface area contributed by atoms with Crippen LogP contribution in [-0.2, 0) is 13.0 Å². The normalized spacial score (nSPS) is 14.4. The Morgan fingerprint density at radius 2 is 1.82 bits per heavy atom. The topological polar surface area (TPSA) is 29.5 Å². The van der Waals surface area contributed by atoms with Gasteiger partial charge in [-0.05, 0) is 48.7 Å². The highest BCUT2D eigenvalue weighted by Gasteiger charge is 2.18. The molecule has 0 aromatic heterocycles. The summed E-state index contributed by atoms with van der Waals surface area (Å²) >= 11 is 0. The van der Waals surface area contributed by atoms with Gasteiger partial charge in [-0.2, -0.15) is 0 Å². The van der Waals surface area contributed by atoms with Gasteiger partial charge < -0.3 is 4.74 Å². The summed E-state index contributed by atoms with van der Waals surface area (Å²) in [6, 6.07) is 15.9. The van der Waals surface area contributed by atoms with E-state index >= 15 is 0 Å². The van der Waals surface area contributed by atoms with Crippen molar-refractivity contribution in [3.8, 4) is 5.75 Å². The molecule has 0 saturated heterocycles. The molecular weight excluding hydrogens is 274 g/mol. The molecule has 3 rings (SSSR count). The first-order valence-electron chi connectivity index (χ1n) is 7.81. The largest absolute Gasteiger partial charge is 0.494 e. The molecule has 1 aliphatic heterocycles. The van der Waals surface area contributed by atoms with Crippen molar-refractivity contribution in [2.75, 3.05) is 19.7 Å². The van der Waals surface area contributed by atoms with Crippen molar-refractivity contribution in [3.63, 3.8) is 0 Å². The molecule has 0 unspecified atom stereocenters. The average Bonchev–Trinajstić information content (AvgIpc) is 2.56. The van der Waals surface area contributed by atoms with Gasteiger partial charge in [0.1, 0.15) is 5.75 Å². The molecule has 0 bridgehead atoms. The smallest absolute Gasteiger partial charge is 0.176 e. The lowest BCUT2D eigenvalue weighted by Crippen LogP contribution is -2.34. The fraction of sp³-hybridized carbons (Fsp3) is 0.316. The third-order valence-electron chi connectivity index (χ3n) is 4.06. The van der Waals surface area contributed by atoms with Gasteiger partial charge >= 0.3 is 0 Å².